The minimum Gasteiger partial charge on any atom is -0.423 e. The molecule has 0 spiro atoms. The fourth-order valence-corrected chi connectivity index (χ4v) is 5.06. The molecule has 0 aliphatic heterocycles. The molecule has 0 heterocycles. The van der Waals surface area contributed by atoms with E-state index in [2.05, 4.69) is 16.0 Å². The molecule has 0 bridgehead atoms. The number of nitrogens with one attached hydrogen (secondary N) is 3. The van der Waals surface area contributed by atoms with Gasteiger partial charge in [0.15, 0.2) is 0 Å². The molecular formula is C28H35BF6N6O5. The molecule has 3 amide bonds. The molecule has 1 aliphatic carbocycles. The van der Waals surface area contributed by atoms with Gasteiger partial charge in [0, 0.05) is 36.7 Å². The number of carbonyl (C=O) groups is 3. The van der Waals surface area contributed by atoms with Crippen LogP contribution in [0, 0.1) is 0 Å². The van der Waals surface area contributed by atoms with Gasteiger partial charge in [-0.15, -0.1) is 0 Å². The first-order chi connectivity index (χ1) is 21.3. The Balaban J connectivity index is 1.75. The predicted molar refractivity (Wildman–Crippen MR) is 156 cm³/mol. The lowest BCUT2D eigenvalue weighted by Gasteiger charge is -2.31. The number of hydrogen-bond donors (Lipinski definition) is 8. The zero-order chi connectivity index (χ0) is 34.4. The van der Waals surface area contributed by atoms with E-state index in [9.17, 15) is 50.8 Å². The fourth-order valence-electron chi connectivity index (χ4n) is 5.06. The molecule has 11 N–H and O–H groups in total. The van der Waals surface area contributed by atoms with Crippen LogP contribution < -0.4 is 38.6 Å². The van der Waals surface area contributed by atoms with Crippen molar-refractivity contribution in [3.63, 3.8) is 0 Å². The van der Waals surface area contributed by atoms with Crippen molar-refractivity contribution in [2.75, 3.05) is 5.32 Å². The molecule has 11 nitrogen and oxygen atoms in total. The molecule has 1 saturated carbocycles. The molecule has 1 aliphatic rings. The van der Waals surface area contributed by atoms with Crippen LogP contribution in [-0.4, -0.2) is 65.1 Å². The first kappa shape index (κ1) is 36.8. The van der Waals surface area contributed by atoms with Gasteiger partial charge in [0.05, 0.1) is 17.2 Å². The molecule has 18 heteroatoms. The summed E-state index contributed by atoms with van der Waals surface area (Å²) in [6.07, 6.45) is -8.64. The summed E-state index contributed by atoms with van der Waals surface area (Å²) in [5.41, 5.74) is 14.6. The summed E-state index contributed by atoms with van der Waals surface area (Å²) in [5, 5.41) is 26.2. The Morgan fingerprint density at radius 3 is 2.00 bits per heavy atom. The number of alkyl halides is 6. The molecule has 46 heavy (non-hydrogen) atoms. The number of anilines is 1. The van der Waals surface area contributed by atoms with E-state index in [-0.39, 0.29) is 36.5 Å². The van der Waals surface area contributed by atoms with Crippen LogP contribution >= 0.6 is 0 Å². The smallest absolute Gasteiger partial charge is 0.423 e. The van der Waals surface area contributed by atoms with Crippen molar-refractivity contribution in [3.05, 3.63) is 59.2 Å². The van der Waals surface area contributed by atoms with Crippen LogP contribution in [0.2, 0.25) is 0 Å². The highest BCUT2D eigenvalue weighted by atomic mass is 19.4. The zero-order valence-corrected chi connectivity index (χ0v) is 24.4. The van der Waals surface area contributed by atoms with E-state index in [4.69, 9.17) is 17.2 Å². The summed E-state index contributed by atoms with van der Waals surface area (Å²) in [7, 11) is -2.32. The van der Waals surface area contributed by atoms with E-state index < -0.39 is 78.0 Å². The van der Waals surface area contributed by atoms with Gasteiger partial charge >= 0.3 is 19.5 Å². The maximum Gasteiger partial charge on any atom is 0.488 e. The number of carbonyl (C=O) groups excluding carboxylic acids is 3. The maximum atomic E-state index is 13.4. The van der Waals surface area contributed by atoms with Gasteiger partial charge in [-0.3, -0.25) is 14.4 Å². The molecule has 1 fully saturated rings. The third kappa shape index (κ3) is 11.0. The molecule has 0 aromatic heterocycles. The van der Waals surface area contributed by atoms with Crippen LogP contribution in [0.4, 0.5) is 32.0 Å². The van der Waals surface area contributed by atoms with E-state index >= 15 is 0 Å². The van der Waals surface area contributed by atoms with Crippen molar-refractivity contribution in [2.24, 2.45) is 17.2 Å². The van der Waals surface area contributed by atoms with Crippen LogP contribution in [0.5, 0.6) is 0 Å². The van der Waals surface area contributed by atoms with Gasteiger partial charge in [0.1, 0.15) is 6.04 Å². The Morgan fingerprint density at radius 2 is 1.46 bits per heavy atom. The van der Waals surface area contributed by atoms with Crippen molar-refractivity contribution >= 4 is 36.0 Å². The van der Waals surface area contributed by atoms with Crippen molar-refractivity contribution in [1.29, 1.82) is 0 Å². The molecule has 0 radical (unpaired) electrons. The number of benzene rings is 2. The average Bonchev–Trinajstić information content (AvgIpc) is 2.94. The highest BCUT2D eigenvalue weighted by Crippen LogP contribution is 2.31. The quantitative estimate of drug-likeness (QED) is 0.126. The fraction of sp³-hybridized carbons (Fsp3) is 0.464. The number of hydrogen-bond acceptors (Lipinski definition) is 8. The minimum atomic E-state index is -4.92. The lowest BCUT2D eigenvalue weighted by atomic mass is 9.79. The second-order valence-electron chi connectivity index (χ2n) is 11.3. The third-order valence-electron chi connectivity index (χ3n) is 7.37. The van der Waals surface area contributed by atoms with E-state index in [0.29, 0.717) is 31.4 Å². The van der Waals surface area contributed by atoms with Crippen molar-refractivity contribution in [3.8, 4) is 0 Å². The Labute approximate surface area is 260 Å². The van der Waals surface area contributed by atoms with Gasteiger partial charge in [-0.2, -0.15) is 26.3 Å². The second-order valence-corrected chi connectivity index (χ2v) is 11.3. The standard InChI is InChI=1S/C28H35BF6N6O5/c30-27(31,32)15-3-1-14(2-4-15)7-23(26(44)40-20-9-16(28(33,34)35)8-17(10-20)29(45)46)41-25(43)22(38)5-6-24(42)39-21-12-18(36)11-19(37)13-21/h1-4,8-10,18-19,21-23,45-46H,5-7,11-13,36-38H2,(H,39,42)(H,40,44)(H,41,43)/t18-,19+,21?,22-,23+/m0/s1. The number of rotatable bonds is 11. The van der Waals surface area contributed by atoms with Gasteiger partial charge in [0.25, 0.3) is 0 Å². The van der Waals surface area contributed by atoms with Gasteiger partial charge in [-0.05, 0) is 61.0 Å². The Morgan fingerprint density at radius 1 is 0.870 bits per heavy atom. The first-order valence-electron chi connectivity index (χ1n) is 14.2. The highest BCUT2D eigenvalue weighted by Gasteiger charge is 2.34. The van der Waals surface area contributed by atoms with Gasteiger partial charge in [-0.25, -0.2) is 0 Å². The third-order valence-corrected chi connectivity index (χ3v) is 7.37. The van der Waals surface area contributed by atoms with Crippen LogP contribution in [0.3, 0.4) is 0 Å². The highest BCUT2D eigenvalue weighted by molar-refractivity contribution is 6.58. The van der Waals surface area contributed by atoms with Gasteiger partial charge in [0.2, 0.25) is 17.7 Å². The van der Waals surface area contributed by atoms with E-state index in [0.717, 1.165) is 30.3 Å². The summed E-state index contributed by atoms with van der Waals surface area (Å²) in [4.78, 5) is 38.7. The van der Waals surface area contributed by atoms with Crippen molar-refractivity contribution in [1.82, 2.24) is 10.6 Å². The summed E-state index contributed by atoms with van der Waals surface area (Å²) in [6, 6.07) is 2.00. The zero-order valence-electron chi connectivity index (χ0n) is 24.4. The van der Waals surface area contributed by atoms with E-state index in [1.807, 2.05) is 0 Å². The lowest BCUT2D eigenvalue weighted by molar-refractivity contribution is -0.138. The van der Waals surface area contributed by atoms with Crippen LogP contribution in [0.25, 0.3) is 0 Å². The molecule has 5 atom stereocenters. The second kappa shape index (κ2) is 15.3. The van der Waals surface area contributed by atoms with Gasteiger partial charge < -0.3 is 43.2 Å². The van der Waals surface area contributed by atoms with Crippen molar-refractivity contribution < 1.29 is 50.8 Å². The Hall–Kier alpha value is -3.71. The molecule has 1 unspecified atom stereocenters. The number of nitrogens with two attached hydrogens (primary N) is 3. The Kier molecular flexibility index (Phi) is 12.2. The van der Waals surface area contributed by atoms with Gasteiger partial charge in [-0.1, -0.05) is 18.2 Å². The predicted octanol–water partition coefficient (Wildman–Crippen LogP) is 0.501. The van der Waals surface area contributed by atoms with Crippen molar-refractivity contribution in [2.45, 2.75) is 81.1 Å². The summed E-state index contributed by atoms with van der Waals surface area (Å²) >= 11 is 0. The van der Waals surface area contributed by atoms with Crippen LogP contribution in [0.1, 0.15) is 48.8 Å². The number of amides is 3. The molecule has 252 valence electrons. The average molecular weight is 660 g/mol. The molecule has 0 saturated heterocycles. The number of halogens is 6. The largest absolute Gasteiger partial charge is 0.488 e. The minimum absolute atomic E-state index is 0.154. The molecule has 2 aromatic carbocycles. The van der Waals surface area contributed by atoms with Crippen LogP contribution in [-0.2, 0) is 33.2 Å². The SMILES string of the molecule is N[C@@H]1CC(NC(=O)CC[C@H](N)C(=O)N[C@H](Cc2ccc(C(F)(F)F)cc2)C(=O)Nc2cc(B(O)O)cc(C(F)(F)F)c2)C[C@H](N)C1. The molecule has 2 aromatic rings. The summed E-state index contributed by atoms with van der Waals surface area (Å²) < 4.78 is 79.3. The molecule has 3 rings (SSSR count). The first-order valence-corrected chi connectivity index (χ1v) is 14.2. The molecular weight excluding hydrogens is 625 g/mol. The maximum absolute atomic E-state index is 13.4. The monoisotopic (exact) mass is 660 g/mol. The van der Waals surface area contributed by atoms with E-state index in [1.54, 1.807) is 0 Å². The van der Waals surface area contributed by atoms with E-state index in [1.165, 1.54) is 0 Å². The summed E-state index contributed by atoms with van der Waals surface area (Å²) in [5.74, 6) is -2.42. The van der Waals surface area contributed by atoms with Crippen LogP contribution in [0.15, 0.2) is 42.5 Å². The topological polar surface area (TPSA) is 206 Å². The Bertz CT molecular complexity index is 1370. The lowest BCUT2D eigenvalue weighted by Crippen LogP contribution is -2.51. The normalized spacial score (nSPS) is 19.9. The summed E-state index contributed by atoms with van der Waals surface area (Å²) in [6.45, 7) is 0.